The fourth-order valence-corrected chi connectivity index (χ4v) is 4.20. The van der Waals surface area contributed by atoms with E-state index >= 15 is 0 Å². The van der Waals surface area contributed by atoms with Crippen LogP contribution in [-0.4, -0.2) is 47.9 Å². The summed E-state index contributed by atoms with van der Waals surface area (Å²) in [5.74, 6) is 0.716. The predicted molar refractivity (Wildman–Crippen MR) is 126 cm³/mol. The number of guanidine groups is 1. The Balaban J connectivity index is 0.00000392. The third-order valence-corrected chi connectivity index (χ3v) is 5.70. The fourth-order valence-electron chi connectivity index (χ4n) is 3.60. The zero-order valence-corrected chi connectivity index (χ0v) is 20.1. The molecular formula is C19H33IN4O3S. The molecule has 1 aliphatic carbocycles. The summed E-state index contributed by atoms with van der Waals surface area (Å²) in [5, 5.41) is 6.73. The van der Waals surface area contributed by atoms with E-state index in [0.29, 0.717) is 18.2 Å². The molecule has 0 amide bonds. The van der Waals surface area contributed by atoms with Gasteiger partial charge >= 0.3 is 0 Å². The summed E-state index contributed by atoms with van der Waals surface area (Å²) in [7, 11) is 0.173. The van der Waals surface area contributed by atoms with E-state index in [0.717, 1.165) is 31.4 Å². The van der Waals surface area contributed by atoms with E-state index in [2.05, 4.69) is 20.3 Å². The largest absolute Gasteiger partial charge is 0.385 e. The molecule has 2 rings (SSSR count). The highest BCUT2D eigenvalue weighted by atomic mass is 127. The highest BCUT2D eigenvalue weighted by Crippen LogP contribution is 2.40. The number of halogens is 1. The van der Waals surface area contributed by atoms with Crippen LogP contribution in [0.25, 0.3) is 0 Å². The first-order valence-corrected chi connectivity index (χ1v) is 11.3. The van der Waals surface area contributed by atoms with Crippen LogP contribution in [0.1, 0.15) is 37.7 Å². The van der Waals surface area contributed by atoms with Crippen LogP contribution >= 0.6 is 24.0 Å². The van der Waals surface area contributed by atoms with Crippen molar-refractivity contribution >= 4 is 45.6 Å². The fraction of sp³-hybridized carbons (Fsp3) is 0.632. The second-order valence-corrected chi connectivity index (χ2v) is 9.01. The van der Waals surface area contributed by atoms with Gasteiger partial charge in [0.25, 0.3) is 0 Å². The van der Waals surface area contributed by atoms with Gasteiger partial charge in [-0.3, -0.25) is 9.71 Å². The average Bonchev–Trinajstić information content (AvgIpc) is 3.09. The number of sulfonamides is 1. The van der Waals surface area contributed by atoms with Gasteiger partial charge in [0, 0.05) is 33.9 Å². The molecule has 7 nitrogen and oxygen atoms in total. The summed E-state index contributed by atoms with van der Waals surface area (Å²) in [6, 6.07) is 7.35. The maximum Gasteiger partial charge on any atom is 0.229 e. The van der Waals surface area contributed by atoms with E-state index in [1.54, 1.807) is 20.2 Å². The van der Waals surface area contributed by atoms with Crippen molar-refractivity contribution in [2.75, 3.05) is 38.3 Å². The Morgan fingerprint density at radius 3 is 2.50 bits per heavy atom. The SMILES string of the molecule is CN=C(NCc1ccccc1NS(C)(=O)=O)NCC1(CCOC)CCCC1.I. The summed E-state index contributed by atoms with van der Waals surface area (Å²) in [6.45, 7) is 2.11. The molecule has 0 spiro atoms. The van der Waals surface area contributed by atoms with Crippen molar-refractivity contribution in [3.05, 3.63) is 29.8 Å². The maximum atomic E-state index is 11.5. The number of aliphatic imine (C=N–C) groups is 1. The minimum atomic E-state index is -3.32. The number of ether oxygens (including phenoxy) is 1. The highest BCUT2D eigenvalue weighted by molar-refractivity contribution is 14.0. The van der Waals surface area contributed by atoms with Crippen molar-refractivity contribution in [3.63, 3.8) is 0 Å². The zero-order chi connectivity index (χ0) is 19.8. The van der Waals surface area contributed by atoms with Gasteiger partial charge in [0.2, 0.25) is 10.0 Å². The molecule has 9 heteroatoms. The topological polar surface area (TPSA) is 91.8 Å². The average molecular weight is 524 g/mol. The van der Waals surface area contributed by atoms with Crippen LogP contribution in [0, 0.1) is 5.41 Å². The molecule has 160 valence electrons. The lowest BCUT2D eigenvalue weighted by Crippen LogP contribution is -2.43. The van der Waals surface area contributed by atoms with E-state index in [9.17, 15) is 8.42 Å². The number of nitrogens with zero attached hydrogens (tertiary/aromatic N) is 1. The Bertz CT molecular complexity index is 734. The van der Waals surface area contributed by atoms with Crippen LogP contribution in [-0.2, 0) is 21.3 Å². The Kier molecular flexibility index (Phi) is 10.5. The Hall–Kier alpha value is -1.07. The molecule has 0 heterocycles. The van der Waals surface area contributed by atoms with Crippen LogP contribution in [0.2, 0.25) is 0 Å². The van der Waals surface area contributed by atoms with Gasteiger partial charge in [-0.15, -0.1) is 24.0 Å². The molecule has 1 saturated carbocycles. The van der Waals surface area contributed by atoms with Gasteiger partial charge in [0.1, 0.15) is 0 Å². The molecule has 0 saturated heterocycles. The monoisotopic (exact) mass is 524 g/mol. The number of rotatable bonds is 9. The van der Waals surface area contributed by atoms with Crippen molar-refractivity contribution in [1.82, 2.24) is 10.6 Å². The number of para-hydroxylation sites is 1. The molecule has 3 N–H and O–H groups in total. The molecule has 1 aromatic carbocycles. The maximum absolute atomic E-state index is 11.5. The number of benzene rings is 1. The zero-order valence-electron chi connectivity index (χ0n) is 17.0. The lowest BCUT2D eigenvalue weighted by molar-refractivity contribution is 0.138. The minimum absolute atomic E-state index is 0. The second-order valence-electron chi connectivity index (χ2n) is 7.26. The van der Waals surface area contributed by atoms with E-state index < -0.39 is 10.0 Å². The van der Waals surface area contributed by atoms with Gasteiger partial charge in [0.05, 0.1) is 11.9 Å². The molecule has 1 aliphatic rings. The van der Waals surface area contributed by atoms with Crippen molar-refractivity contribution in [1.29, 1.82) is 0 Å². The predicted octanol–water partition coefficient (Wildman–Crippen LogP) is 2.94. The molecule has 0 unspecified atom stereocenters. The first-order valence-electron chi connectivity index (χ1n) is 9.37. The summed E-state index contributed by atoms with van der Waals surface area (Å²) in [5.41, 5.74) is 1.71. The first kappa shape index (κ1) is 25.0. The van der Waals surface area contributed by atoms with Crippen molar-refractivity contribution in [3.8, 4) is 0 Å². The van der Waals surface area contributed by atoms with E-state index in [-0.39, 0.29) is 29.4 Å². The normalized spacial score (nSPS) is 16.3. The number of hydrogen-bond acceptors (Lipinski definition) is 4. The standard InChI is InChI=1S/C19H32N4O3S.HI/c1-20-18(22-15-19(12-13-26-2)10-6-7-11-19)21-14-16-8-4-5-9-17(16)23-27(3,24)25;/h4-5,8-9,23H,6-7,10-15H2,1-3H3,(H2,20,21,22);1H. The molecule has 0 atom stereocenters. The van der Waals surface area contributed by atoms with Crippen molar-refractivity contribution in [2.45, 2.75) is 38.6 Å². The van der Waals surface area contributed by atoms with E-state index in [1.807, 2.05) is 18.2 Å². The van der Waals surface area contributed by atoms with E-state index in [4.69, 9.17) is 4.74 Å². The van der Waals surface area contributed by atoms with Gasteiger partial charge in [-0.1, -0.05) is 31.0 Å². The number of methoxy groups -OCH3 is 1. The Morgan fingerprint density at radius 1 is 1.21 bits per heavy atom. The smallest absolute Gasteiger partial charge is 0.229 e. The van der Waals surface area contributed by atoms with Gasteiger partial charge < -0.3 is 15.4 Å². The molecule has 0 aromatic heterocycles. The lowest BCUT2D eigenvalue weighted by atomic mass is 9.83. The van der Waals surface area contributed by atoms with Crippen molar-refractivity contribution < 1.29 is 13.2 Å². The van der Waals surface area contributed by atoms with Gasteiger partial charge in [-0.25, -0.2) is 8.42 Å². The summed E-state index contributed by atoms with van der Waals surface area (Å²) in [4.78, 5) is 4.30. The molecule has 1 aromatic rings. The third kappa shape index (κ3) is 8.12. The molecule has 0 radical (unpaired) electrons. The van der Waals surface area contributed by atoms with Gasteiger partial charge in [0.15, 0.2) is 5.96 Å². The van der Waals surface area contributed by atoms with Crippen LogP contribution in [0.5, 0.6) is 0 Å². The Morgan fingerprint density at radius 2 is 1.89 bits per heavy atom. The van der Waals surface area contributed by atoms with Crippen LogP contribution in [0.3, 0.4) is 0 Å². The number of anilines is 1. The van der Waals surface area contributed by atoms with Crippen molar-refractivity contribution in [2.24, 2.45) is 10.4 Å². The number of nitrogens with one attached hydrogen (secondary N) is 3. The third-order valence-electron chi connectivity index (χ3n) is 5.11. The first-order chi connectivity index (χ1) is 12.9. The highest BCUT2D eigenvalue weighted by Gasteiger charge is 2.33. The summed E-state index contributed by atoms with van der Waals surface area (Å²) in [6.07, 6.45) is 7.15. The minimum Gasteiger partial charge on any atom is -0.385 e. The van der Waals surface area contributed by atoms with Crippen LogP contribution in [0.15, 0.2) is 29.3 Å². The number of hydrogen-bond donors (Lipinski definition) is 3. The van der Waals surface area contributed by atoms with Crippen LogP contribution < -0.4 is 15.4 Å². The lowest BCUT2D eigenvalue weighted by Gasteiger charge is -2.30. The molecule has 28 heavy (non-hydrogen) atoms. The molecule has 1 fully saturated rings. The summed E-state index contributed by atoms with van der Waals surface area (Å²) >= 11 is 0. The second kappa shape index (κ2) is 11.8. The Labute approximate surface area is 186 Å². The van der Waals surface area contributed by atoms with Gasteiger partial charge in [-0.2, -0.15) is 0 Å². The molecule has 0 aliphatic heterocycles. The van der Waals surface area contributed by atoms with Gasteiger partial charge in [-0.05, 0) is 36.3 Å². The molecular weight excluding hydrogens is 491 g/mol. The van der Waals surface area contributed by atoms with Crippen LogP contribution in [0.4, 0.5) is 5.69 Å². The summed E-state index contributed by atoms with van der Waals surface area (Å²) < 4.78 is 30.9. The van der Waals surface area contributed by atoms with E-state index in [1.165, 1.54) is 25.7 Å². The molecule has 0 bridgehead atoms. The quantitative estimate of drug-likeness (QED) is 0.263.